The maximum absolute atomic E-state index is 13.3. The number of amides is 1. The predicted octanol–water partition coefficient (Wildman–Crippen LogP) is 4.76. The van der Waals surface area contributed by atoms with Gasteiger partial charge in [-0.1, -0.05) is 17.7 Å². The van der Waals surface area contributed by atoms with Crippen LogP contribution in [0.5, 0.6) is 0 Å². The molecule has 1 aliphatic heterocycles. The maximum atomic E-state index is 13.3. The minimum atomic E-state index is -0.422. The third kappa shape index (κ3) is 5.21. The number of ether oxygens (including phenoxy) is 1. The minimum Gasteiger partial charge on any atom is -0.465 e. The molecule has 1 aromatic heterocycles. The highest BCUT2D eigenvalue weighted by Gasteiger charge is 2.27. The van der Waals surface area contributed by atoms with Crippen molar-refractivity contribution in [2.45, 2.75) is 25.7 Å². The third-order valence-corrected chi connectivity index (χ3v) is 6.22. The van der Waals surface area contributed by atoms with Crippen molar-refractivity contribution in [1.82, 2.24) is 15.1 Å². The van der Waals surface area contributed by atoms with E-state index in [0.29, 0.717) is 21.8 Å². The summed E-state index contributed by atoms with van der Waals surface area (Å²) in [7, 11) is 1.33. The van der Waals surface area contributed by atoms with Gasteiger partial charge in [0.25, 0.3) is 5.91 Å². The van der Waals surface area contributed by atoms with E-state index in [1.807, 2.05) is 29.8 Å². The van der Waals surface area contributed by atoms with Gasteiger partial charge in [-0.2, -0.15) is 5.10 Å². The molecule has 0 saturated carbocycles. The van der Waals surface area contributed by atoms with E-state index < -0.39 is 5.97 Å². The monoisotopic (exact) mass is 488 g/mol. The van der Waals surface area contributed by atoms with E-state index in [4.69, 9.17) is 16.3 Å². The second-order valence-electron chi connectivity index (χ2n) is 7.79. The SMILES string of the molecule is COC(=O)c1ccc(NC(=O)c2cnn(-c3cccc(Cl)c3C)c2C2CCNCC2)cc1.Cl. The quantitative estimate of drug-likeness (QED) is 0.505. The number of carbonyl (C=O) groups is 2. The molecule has 7 nitrogen and oxygen atoms in total. The Morgan fingerprint density at radius 2 is 1.85 bits per heavy atom. The highest BCUT2D eigenvalue weighted by Crippen LogP contribution is 2.32. The average Bonchev–Trinajstić information content (AvgIpc) is 3.26. The molecule has 0 bridgehead atoms. The largest absolute Gasteiger partial charge is 0.465 e. The van der Waals surface area contributed by atoms with Crippen LogP contribution in [0, 0.1) is 6.92 Å². The molecule has 0 aliphatic carbocycles. The number of hydrogen-bond acceptors (Lipinski definition) is 5. The number of nitrogens with one attached hydrogen (secondary N) is 2. The van der Waals surface area contributed by atoms with E-state index in [0.717, 1.165) is 42.9 Å². The van der Waals surface area contributed by atoms with Gasteiger partial charge in [0.1, 0.15) is 0 Å². The van der Waals surface area contributed by atoms with Crippen molar-refractivity contribution in [3.8, 4) is 5.69 Å². The number of piperidine rings is 1. The summed E-state index contributed by atoms with van der Waals surface area (Å²) < 4.78 is 6.57. The Morgan fingerprint density at radius 1 is 1.15 bits per heavy atom. The summed E-state index contributed by atoms with van der Waals surface area (Å²) in [6, 6.07) is 12.3. The standard InChI is InChI=1S/C24H25ClN4O3.ClH/c1-15-20(25)4-3-5-21(15)29-22(16-10-12-26-13-11-16)19(14-27-29)23(30)28-18-8-6-17(7-9-18)24(31)32-2;/h3-9,14,16,26H,10-13H2,1-2H3,(H,28,30);1H. The molecule has 33 heavy (non-hydrogen) atoms. The molecule has 3 aromatic rings. The second-order valence-corrected chi connectivity index (χ2v) is 8.19. The van der Waals surface area contributed by atoms with Crippen LogP contribution in [0.1, 0.15) is 50.7 Å². The van der Waals surface area contributed by atoms with Gasteiger partial charge in [-0.15, -0.1) is 12.4 Å². The van der Waals surface area contributed by atoms with Crippen LogP contribution in [0.25, 0.3) is 5.69 Å². The first-order valence-corrected chi connectivity index (χ1v) is 10.9. The Morgan fingerprint density at radius 3 is 2.52 bits per heavy atom. The molecule has 1 amide bonds. The summed E-state index contributed by atoms with van der Waals surface area (Å²) >= 11 is 6.36. The minimum absolute atomic E-state index is 0. The Hall–Kier alpha value is -2.87. The van der Waals surface area contributed by atoms with Gasteiger partial charge in [-0.25, -0.2) is 9.48 Å². The van der Waals surface area contributed by atoms with Gasteiger partial charge in [0.2, 0.25) is 0 Å². The van der Waals surface area contributed by atoms with Gasteiger partial charge >= 0.3 is 5.97 Å². The molecule has 0 atom stereocenters. The average molecular weight is 489 g/mol. The summed E-state index contributed by atoms with van der Waals surface area (Å²) in [6.45, 7) is 3.73. The van der Waals surface area contributed by atoms with E-state index in [1.165, 1.54) is 7.11 Å². The van der Waals surface area contributed by atoms with Gasteiger partial charge in [-0.05, 0) is 74.8 Å². The number of nitrogens with zero attached hydrogens (tertiary/aromatic N) is 2. The van der Waals surface area contributed by atoms with Crippen molar-refractivity contribution in [3.05, 3.63) is 76.1 Å². The van der Waals surface area contributed by atoms with E-state index in [9.17, 15) is 9.59 Å². The summed E-state index contributed by atoms with van der Waals surface area (Å²) in [5, 5.41) is 11.6. The lowest BCUT2D eigenvalue weighted by atomic mass is 9.91. The first-order chi connectivity index (χ1) is 15.5. The van der Waals surface area contributed by atoms with Gasteiger partial charge in [0.15, 0.2) is 0 Å². The zero-order valence-corrected chi connectivity index (χ0v) is 20.0. The van der Waals surface area contributed by atoms with Crippen LogP contribution in [-0.4, -0.2) is 41.9 Å². The van der Waals surface area contributed by atoms with Crippen molar-refractivity contribution >= 4 is 41.6 Å². The van der Waals surface area contributed by atoms with E-state index >= 15 is 0 Å². The first-order valence-electron chi connectivity index (χ1n) is 10.5. The number of benzene rings is 2. The van der Waals surface area contributed by atoms with Crippen LogP contribution in [0.4, 0.5) is 5.69 Å². The molecule has 9 heteroatoms. The normalized spacial score (nSPS) is 13.8. The number of anilines is 1. The predicted molar refractivity (Wildman–Crippen MR) is 131 cm³/mol. The van der Waals surface area contributed by atoms with Gasteiger partial charge < -0.3 is 15.4 Å². The molecule has 2 heterocycles. The molecule has 174 valence electrons. The van der Waals surface area contributed by atoms with Crippen LogP contribution < -0.4 is 10.6 Å². The van der Waals surface area contributed by atoms with Crippen LogP contribution in [0.15, 0.2) is 48.7 Å². The Bertz CT molecular complexity index is 1140. The Labute approximate surface area is 203 Å². The number of carbonyl (C=O) groups excluding carboxylic acids is 2. The van der Waals surface area contributed by atoms with Gasteiger partial charge in [-0.3, -0.25) is 4.79 Å². The zero-order valence-electron chi connectivity index (χ0n) is 18.4. The summed E-state index contributed by atoms with van der Waals surface area (Å²) in [4.78, 5) is 24.9. The molecule has 1 saturated heterocycles. The number of hydrogen-bond donors (Lipinski definition) is 2. The Balaban J connectivity index is 0.00000306. The lowest BCUT2D eigenvalue weighted by Crippen LogP contribution is -2.29. The van der Waals surface area contributed by atoms with Crippen LogP contribution in [0.3, 0.4) is 0 Å². The van der Waals surface area contributed by atoms with E-state index in [2.05, 4.69) is 15.7 Å². The topological polar surface area (TPSA) is 85.2 Å². The van der Waals surface area contributed by atoms with Crippen molar-refractivity contribution in [3.63, 3.8) is 0 Å². The molecular weight excluding hydrogens is 463 g/mol. The van der Waals surface area contributed by atoms with Crippen molar-refractivity contribution in [2.75, 3.05) is 25.5 Å². The zero-order chi connectivity index (χ0) is 22.7. The molecule has 4 rings (SSSR count). The smallest absolute Gasteiger partial charge is 0.337 e. The van der Waals surface area contributed by atoms with Gasteiger partial charge in [0, 0.05) is 16.6 Å². The number of rotatable bonds is 5. The Kier molecular flexibility index (Phi) is 8.13. The molecule has 2 aromatic carbocycles. The van der Waals surface area contributed by atoms with Gasteiger partial charge in [0.05, 0.1) is 35.8 Å². The second kappa shape index (κ2) is 10.8. The fourth-order valence-electron chi connectivity index (χ4n) is 4.04. The summed E-state index contributed by atoms with van der Waals surface area (Å²) in [5.41, 5.74) is 4.22. The highest BCUT2D eigenvalue weighted by molar-refractivity contribution is 6.31. The lowest BCUT2D eigenvalue weighted by molar-refractivity contribution is 0.0600. The van der Waals surface area contributed by atoms with Crippen LogP contribution >= 0.6 is 24.0 Å². The summed E-state index contributed by atoms with van der Waals surface area (Å²) in [6.07, 6.45) is 3.45. The number of aromatic nitrogens is 2. The maximum Gasteiger partial charge on any atom is 0.337 e. The molecule has 0 spiro atoms. The lowest BCUT2D eigenvalue weighted by Gasteiger charge is -2.25. The third-order valence-electron chi connectivity index (χ3n) is 5.81. The van der Waals surface area contributed by atoms with Crippen molar-refractivity contribution in [1.29, 1.82) is 0 Å². The molecule has 2 N–H and O–H groups in total. The van der Waals surface area contributed by atoms with E-state index in [-0.39, 0.29) is 24.2 Å². The molecule has 1 fully saturated rings. The molecule has 1 aliphatic rings. The fourth-order valence-corrected chi connectivity index (χ4v) is 4.21. The number of esters is 1. The van der Waals surface area contributed by atoms with Crippen molar-refractivity contribution in [2.24, 2.45) is 0 Å². The number of halogens is 2. The molecule has 0 unspecified atom stereocenters. The van der Waals surface area contributed by atoms with E-state index in [1.54, 1.807) is 30.5 Å². The molecular formula is C24H26Cl2N4O3. The molecule has 0 radical (unpaired) electrons. The van der Waals surface area contributed by atoms with Crippen molar-refractivity contribution < 1.29 is 14.3 Å². The fraction of sp³-hybridized carbons (Fsp3) is 0.292. The number of methoxy groups -OCH3 is 1. The summed E-state index contributed by atoms with van der Waals surface area (Å²) in [5.74, 6) is -0.468. The highest BCUT2D eigenvalue weighted by atomic mass is 35.5. The first kappa shape index (κ1) is 24.8. The van der Waals surface area contributed by atoms with Crippen LogP contribution in [-0.2, 0) is 4.74 Å². The van der Waals surface area contributed by atoms with Crippen LogP contribution in [0.2, 0.25) is 5.02 Å².